The van der Waals surface area contributed by atoms with E-state index in [2.05, 4.69) is 29.6 Å². The maximum absolute atomic E-state index is 13.0. The Morgan fingerprint density at radius 3 is 2.19 bits per heavy atom. The molecule has 3 aromatic rings. The molecule has 4 heteroatoms. The van der Waals surface area contributed by atoms with Crippen LogP contribution in [0.25, 0.3) is 0 Å². The van der Waals surface area contributed by atoms with Crippen molar-refractivity contribution < 1.29 is 9.59 Å². The van der Waals surface area contributed by atoms with Crippen molar-refractivity contribution in [3.05, 3.63) is 95.6 Å². The summed E-state index contributed by atoms with van der Waals surface area (Å²) in [4.78, 5) is 27.2. The Bertz CT molecular complexity index is 1010. The first-order chi connectivity index (χ1) is 15.1. The number of aryl methyl sites for hydroxylation is 1. The van der Waals surface area contributed by atoms with Crippen molar-refractivity contribution in [2.45, 2.75) is 38.5 Å². The number of nitrogens with one attached hydrogen (secondary N) is 1. The highest BCUT2D eigenvalue weighted by Crippen LogP contribution is 2.30. The van der Waals surface area contributed by atoms with E-state index in [-0.39, 0.29) is 17.7 Å². The van der Waals surface area contributed by atoms with E-state index in [0.29, 0.717) is 12.8 Å². The number of hydrogen-bond donors (Lipinski definition) is 1. The van der Waals surface area contributed by atoms with Gasteiger partial charge in [-0.15, -0.1) is 0 Å². The Hall–Kier alpha value is -3.40. The first-order valence-electron chi connectivity index (χ1n) is 10.9. The lowest BCUT2D eigenvalue weighted by Crippen LogP contribution is -2.35. The molecule has 3 aromatic carbocycles. The van der Waals surface area contributed by atoms with Crippen LogP contribution in [0.5, 0.6) is 0 Å². The number of piperidine rings is 1. The van der Waals surface area contributed by atoms with Crippen LogP contribution in [0.2, 0.25) is 0 Å². The Kier molecular flexibility index (Phi) is 6.46. The van der Waals surface area contributed by atoms with Crippen molar-refractivity contribution >= 4 is 23.2 Å². The van der Waals surface area contributed by atoms with Gasteiger partial charge < -0.3 is 10.2 Å². The molecule has 4 nitrogen and oxygen atoms in total. The summed E-state index contributed by atoms with van der Waals surface area (Å²) in [5.41, 5.74) is 4.90. The maximum Gasteiger partial charge on any atom is 0.226 e. The summed E-state index contributed by atoms with van der Waals surface area (Å²) in [6, 6.07) is 26.1. The number of nitrogens with zero attached hydrogens (tertiary/aromatic N) is 1. The second-order valence-electron chi connectivity index (χ2n) is 8.13. The SMILES string of the molecule is Cc1ccc(NC(=O)CC(c2ccccc2)c2ccccc2)cc1N1CCCCC1=O. The summed E-state index contributed by atoms with van der Waals surface area (Å²) in [6.07, 6.45) is 2.90. The lowest BCUT2D eigenvalue weighted by atomic mass is 9.88. The molecular weight excluding hydrogens is 384 g/mol. The number of carbonyl (C=O) groups is 2. The van der Waals surface area contributed by atoms with Crippen molar-refractivity contribution in [2.24, 2.45) is 0 Å². The third-order valence-corrected chi connectivity index (χ3v) is 5.90. The molecule has 0 bridgehead atoms. The molecule has 1 aliphatic heterocycles. The summed E-state index contributed by atoms with van der Waals surface area (Å²) in [7, 11) is 0. The number of carbonyl (C=O) groups excluding carboxylic acids is 2. The van der Waals surface area contributed by atoms with Crippen LogP contribution in [0.15, 0.2) is 78.9 Å². The zero-order chi connectivity index (χ0) is 21.6. The molecular formula is C27H28N2O2. The second-order valence-corrected chi connectivity index (χ2v) is 8.13. The molecule has 158 valence electrons. The van der Waals surface area contributed by atoms with Gasteiger partial charge in [-0.25, -0.2) is 0 Å². The number of benzene rings is 3. The molecule has 31 heavy (non-hydrogen) atoms. The van der Waals surface area contributed by atoms with E-state index in [1.165, 1.54) is 0 Å². The smallest absolute Gasteiger partial charge is 0.226 e. The van der Waals surface area contributed by atoms with Crippen LogP contribution in [0.1, 0.15) is 48.3 Å². The van der Waals surface area contributed by atoms with Gasteiger partial charge >= 0.3 is 0 Å². The first-order valence-corrected chi connectivity index (χ1v) is 10.9. The fraction of sp³-hybridized carbons (Fsp3) is 0.259. The summed E-state index contributed by atoms with van der Waals surface area (Å²) >= 11 is 0. The van der Waals surface area contributed by atoms with Gasteiger partial charge in [0, 0.05) is 36.7 Å². The highest BCUT2D eigenvalue weighted by Gasteiger charge is 2.22. The van der Waals surface area contributed by atoms with Gasteiger partial charge in [-0.2, -0.15) is 0 Å². The van der Waals surface area contributed by atoms with Gasteiger partial charge in [-0.1, -0.05) is 66.7 Å². The molecule has 0 aliphatic carbocycles. The normalized spacial score (nSPS) is 14.0. The molecule has 1 saturated heterocycles. The average molecular weight is 413 g/mol. The Morgan fingerprint density at radius 2 is 1.58 bits per heavy atom. The standard InChI is InChI=1S/C27H28N2O2/c1-20-15-16-23(18-25(20)29-17-9-8-14-27(29)31)28-26(30)19-24(21-10-4-2-5-11-21)22-12-6-3-7-13-22/h2-7,10-13,15-16,18,24H,8-9,14,17,19H2,1H3,(H,28,30). The Morgan fingerprint density at radius 1 is 0.935 bits per heavy atom. The third kappa shape index (κ3) is 5.02. The van der Waals surface area contributed by atoms with Crippen molar-refractivity contribution in [1.82, 2.24) is 0 Å². The minimum atomic E-state index is -0.0440. The molecule has 1 aliphatic rings. The molecule has 0 spiro atoms. The first kappa shape index (κ1) is 20.9. The molecule has 1 N–H and O–H groups in total. The third-order valence-electron chi connectivity index (χ3n) is 5.90. The molecule has 0 atom stereocenters. The van der Waals surface area contributed by atoms with Gasteiger partial charge in [0.2, 0.25) is 11.8 Å². The molecule has 0 radical (unpaired) electrons. The van der Waals surface area contributed by atoms with Crippen LogP contribution in [0, 0.1) is 6.92 Å². The quantitative estimate of drug-likeness (QED) is 0.567. The zero-order valence-electron chi connectivity index (χ0n) is 17.9. The fourth-order valence-corrected chi connectivity index (χ4v) is 4.23. The molecule has 1 heterocycles. The second kappa shape index (κ2) is 9.61. The molecule has 0 unspecified atom stereocenters. The number of hydrogen-bond acceptors (Lipinski definition) is 2. The van der Waals surface area contributed by atoms with Crippen LogP contribution in [0.4, 0.5) is 11.4 Å². The molecule has 0 aromatic heterocycles. The van der Waals surface area contributed by atoms with Gasteiger partial charge in [0.1, 0.15) is 0 Å². The van der Waals surface area contributed by atoms with Crippen molar-refractivity contribution in [3.8, 4) is 0 Å². The van der Waals surface area contributed by atoms with Crippen molar-refractivity contribution in [1.29, 1.82) is 0 Å². The average Bonchev–Trinajstić information content (AvgIpc) is 2.80. The van der Waals surface area contributed by atoms with Gasteiger partial charge in [0.05, 0.1) is 0 Å². The predicted molar refractivity (Wildman–Crippen MR) is 125 cm³/mol. The molecule has 1 fully saturated rings. The fourth-order valence-electron chi connectivity index (χ4n) is 4.23. The zero-order valence-corrected chi connectivity index (χ0v) is 17.9. The lowest BCUT2D eigenvalue weighted by Gasteiger charge is -2.28. The van der Waals surface area contributed by atoms with Crippen LogP contribution in [0.3, 0.4) is 0 Å². The molecule has 2 amide bonds. The van der Waals surface area contributed by atoms with Gasteiger partial charge in [0.15, 0.2) is 0 Å². The van der Waals surface area contributed by atoms with Crippen LogP contribution >= 0.6 is 0 Å². The largest absolute Gasteiger partial charge is 0.326 e. The summed E-state index contributed by atoms with van der Waals surface area (Å²) < 4.78 is 0. The van der Waals surface area contributed by atoms with E-state index in [1.807, 2.05) is 66.4 Å². The highest BCUT2D eigenvalue weighted by atomic mass is 16.2. The monoisotopic (exact) mass is 412 g/mol. The van der Waals surface area contributed by atoms with Gasteiger partial charge in [-0.05, 0) is 48.6 Å². The van der Waals surface area contributed by atoms with Gasteiger partial charge in [0.25, 0.3) is 0 Å². The highest BCUT2D eigenvalue weighted by molar-refractivity contribution is 5.97. The predicted octanol–water partition coefficient (Wildman–Crippen LogP) is 5.67. The van der Waals surface area contributed by atoms with Gasteiger partial charge in [-0.3, -0.25) is 9.59 Å². The van der Waals surface area contributed by atoms with E-state index in [9.17, 15) is 9.59 Å². The lowest BCUT2D eigenvalue weighted by molar-refractivity contribution is -0.119. The summed E-state index contributed by atoms with van der Waals surface area (Å²) in [5, 5.41) is 3.06. The van der Waals surface area contributed by atoms with Crippen LogP contribution < -0.4 is 10.2 Å². The van der Waals surface area contributed by atoms with Crippen molar-refractivity contribution in [2.75, 3.05) is 16.8 Å². The van der Waals surface area contributed by atoms with E-state index >= 15 is 0 Å². The van der Waals surface area contributed by atoms with Crippen LogP contribution in [-0.2, 0) is 9.59 Å². The Balaban J connectivity index is 1.53. The summed E-state index contributed by atoms with van der Waals surface area (Å²) in [5.74, 6) is 0.0968. The minimum Gasteiger partial charge on any atom is -0.326 e. The van der Waals surface area contributed by atoms with Crippen LogP contribution in [-0.4, -0.2) is 18.4 Å². The Labute approximate surface area is 183 Å². The number of anilines is 2. The van der Waals surface area contributed by atoms with E-state index in [4.69, 9.17) is 0 Å². The molecule has 0 saturated carbocycles. The number of amides is 2. The van der Waals surface area contributed by atoms with E-state index in [0.717, 1.165) is 47.5 Å². The maximum atomic E-state index is 13.0. The number of rotatable bonds is 6. The topological polar surface area (TPSA) is 49.4 Å². The summed E-state index contributed by atoms with van der Waals surface area (Å²) in [6.45, 7) is 2.74. The molecule has 4 rings (SSSR count). The van der Waals surface area contributed by atoms with E-state index in [1.54, 1.807) is 0 Å². The minimum absolute atomic E-state index is 0.0176. The van der Waals surface area contributed by atoms with Crippen molar-refractivity contribution in [3.63, 3.8) is 0 Å². The van der Waals surface area contributed by atoms with E-state index < -0.39 is 0 Å².